The van der Waals surface area contributed by atoms with E-state index < -0.39 is 6.04 Å². The number of hydrogen-bond donors (Lipinski definition) is 2. The second-order valence-corrected chi connectivity index (χ2v) is 4.48. The highest BCUT2D eigenvalue weighted by Gasteiger charge is 2.14. The Balaban J connectivity index is 2.33. The van der Waals surface area contributed by atoms with E-state index in [2.05, 4.69) is 17.1 Å². The van der Waals surface area contributed by atoms with E-state index in [0.29, 0.717) is 6.54 Å². The number of carbonyl (C=O) groups excluding carboxylic acids is 1. The Labute approximate surface area is 109 Å². The minimum absolute atomic E-state index is 0.119. The molecule has 1 atom stereocenters. The molecule has 0 aliphatic carbocycles. The highest BCUT2D eigenvalue weighted by molar-refractivity contribution is 5.82. The van der Waals surface area contributed by atoms with Crippen LogP contribution in [-0.2, 0) is 4.79 Å². The molecule has 0 unspecified atom stereocenters. The zero-order valence-corrected chi connectivity index (χ0v) is 11.2. The molecule has 0 fully saturated rings. The SMILES string of the molecule is CCCN(C)CCNC(=O)[C@@H](N)c1ccccc1. The lowest BCUT2D eigenvalue weighted by molar-refractivity contribution is -0.122. The zero-order valence-electron chi connectivity index (χ0n) is 11.2. The highest BCUT2D eigenvalue weighted by Crippen LogP contribution is 2.08. The van der Waals surface area contributed by atoms with E-state index in [-0.39, 0.29) is 5.91 Å². The van der Waals surface area contributed by atoms with Gasteiger partial charge < -0.3 is 16.0 Å². The first-order valence-electron chi connectivity index (χ1n) is 6.42. The molecule has 1 rings (SSSR count). The molecule has 0 aliphatic rings. The van der Waals surface area contributed by atoms with Gasteiger partial charge in [0.05, 0.1) is 0 Å². The number of nitrogens with one attached hydrogen (secondary N) is 1. The van der Waals surface area contributed by atoms with Crippen molar-refractivity contribution in [2.45, 2.75) is 19.4 Å². The summed E-state index contributed by atoms with van der Waals surface area (Å²) in [6, 6.07) is 8.84. The molecule has 0 bridgehead atoms. The second kappa shape index (κ2) is 7.84. The van der Waals surface area contributed by atoms with Crippen LogP contribution in [0.3, 0.4) is 0 Å². The summed E-state index contributed by atoms with van der Waals surface area (Å²) < 4.78 is 0. The molecule has 4 heteroatoms. The Morgan fingerprint density at radius 2 is 2.00 bits per heavy atom. The zero-order chi connectivity index (χ0) is 13.4. The smallest absolute Gasteiger partial charge is 0.241 e. The third-order valence-corrected chi connectivity index (χ3v) is 2.84. The summed E-state index contributed by atoms with van der Waals surface area (Å²) in [6.45, 7) is 4.66. The first kappa shape index (κ1) is 14.7. The van der Waals surface area contributed by atoms with Crippen LogP contribution < -0.4 is 11.1 Å². The fourth-order valence-corrected chi connectivity index (χ4v) is 1.79. The summed E-state index contributed by atoms with van der Waals surface area (Å²) in [5.74, 6) is -0.119. The molecule has 100 valence electrons. The monoisotopic (exact) mass is 249 g/mol. The Morgan fingerprint density at radius 3 is 2.61 bits per heavy atom. The quantitative estimate of drug-likeness (QED) is 0.762. The topological polar surface area (TPSA) is 58.4 Å². The number of likely N-dealkylation sites (N-methyl/N-ethyl adjacent to an activating group) is 1. The highest BCUT2D eigenvalue weighted by atomic mass is 16.2. The number of nitrogens with zero attached hydrogens (tertiary/aromatic N) is 1. The molecule has 0 aromatic heterocycles. The molecule has 3 N–H and O–H groups in total. The number of carbonyl (C=O) groups is 1. The van der Waals surface area contributed by atoms with Crippen molar-refractivity contribution in [1.82, 2.24) is 10.2 Å². The summed E-state index contributed by atoms with van der Waals surface area (Å²) in [5, 5.41) is 2.86. The molecule has 1 aromatic rings. The van der Waals surface area contributed by atoms with Gasteiger partial charge in [0.25, 0.3) is 0 Å². The molecular formula is C14H23N3O. The summed E-state index contributed by atoms with van der Waals surface area (Å²) in [4.78, 5) is 14.0. The Hall–Kier alpha value is -1.39. The molecule has 0 spiro atoms. The van der Waals surface area contributed by atoms with Crippen molar-refractivity contribution < 1.29 is 4.79 Å². The van der Waals surface area contributed by atoms with Crippen LogP contribution in [0, 0.1) is 0 Å². The van der Waals surface area contributed by atoms with E-state index >= 15 is 0 Å². The van der Waals surface area contributed by atoms with Gasteiger partial charge in [-0.1, -0.05) is 37.3 Å². The van der Waals surface area contributed by atoms with Gasteiger partial charge in [-0.05, 0) is 25.6 Å². The van der Waals surface area contributed by atoms with Crippen molar-refractivity contribution in [3.63, 3.8) is 0 Å². The third-order valence-electron chi connectivity index (χ3n) is 2.84. The van der Waals surface area contributed by atoms with Crippen molar-refractivity contribution in [3.05, 3.63) is 35.9 Å². The fourth-order valence-electron chi connectivity index (χ4n) is 1.79. The average Bonchev–Trinajstić information content (AvgIpc) is 2.39. The van der Waals surface area contributed by atoms with Crippen LogP contribution >= 0.6 is 0 Å². The van der Waals surface area contributed by atoms with Crippen LogP contribution in [0.4, 0.5) is 0 Å². The average molecular weight is 249 g/mol. The number of hydrogen-bond acceptors (Lipinski definition) is 3. The van der Waals surface area contributed by atoms with E-state index in [1.807, 2.05) is 37.4 Å². The second-order valence-electron chi connectivity index (χ2n) is 4.48. The van der Waals surface area contributed by atoms with Crippen LogP contribution in [0.2, 0.25) is 0 Å². The van der Waals surface area contributed by atoms with Gasteiger partial charge in [-0.25, -0.2) is 0 Å². The number of benzene rings is 1. The summed E-state index contributed by atoms with van der Waals surface area (Å²) in [7, 11) is 2.05. The van der Waals surface area contributed by atoms with Crippen LogP contribution in [-0.4, -0.2) is 37.5 Å². The molecule has 0 heterocycles. The maximum Gasteiger partial charge on any atom is 0.241 e. The van der Waals surface area contributed by atoms with Gasteiger partial charge in [-0.3, -0.25) is 4.79 Å². The van der Waals surface area contributed by atoms with Crippen molar-refractivity contribution in [2.24, 2.45) is 5.73 Å². The van der Waals surface area contributed by atoms with Gasteiger partial charge in [0.2, 0.25) is 5.91 Å². The lowest BCUT2D eigenvalue weighted by atomic mass is 10.1. The van der Waals surface area contributed by atoms with Gasteiger partial charge in [-0.15, -0.1) is 0 Å². The Kier molecular flexibility index (Phi) is 6.39. The van der Waals surface area contributed by atoms with E-state index in [1.54, 1.807) is 0 Å². The number of amides is 1. The summed E-state index contributed by atoms with van der Waals surface area (Å²) >= 11 is 0. The van der Waals surface area contributed by atoms with E-state index in [0.717, 1.165) is 25.1 Å². The van der Waals surface area contributed by atoms with Crippen molar-refractivity contribution in [2.75, 3.05) is 26.7 Å². The molecule has 4 nitrogen and oxygen atoms in total. The predicted molar refractivity (Wildman–Crippen MR) is 74.2 cm³/mol. The maximum atomic E-state index is 11.8. The lowest BCUT2D eigenvalue weighted by Gasteiger charge is -2.17. The standard InChI is InChI=1S/C14H23N3O/c1-3-10-17(2)11-9-16-14(18)13(15)12-7-5-4-6-8-12/h4-8,13H,3,9-11,15H2,1-2H3,(H,16,18)/t13-/m0/s1. The van der Waals surface area contributed by atoms with Crippen LogP contribution in [0.25, 0.3) is 0 Å². The molecule has 0 radical (unpaired) electrons. The minimum Gasteiger partial charge on any atom is -0.353 e. The van der Waals surface area contributed by atoms with Crippen molar-refractivity contribution >= 4 is 5.91 Å². The van der Waals surface area contributed by atoms with E-state index in [4.69, 9.17) is 5.73 Å². The molecular weight excluding hydrogens is 226 g/mol. The molecule has 18 heavy (non-hydrogen) atoms. The van der Waals surface area contributed by atoms with E-state index in [9.17, 15) is 4.79 Å². The molecule has 1 amide bonds. The van der Waals surface area contributed by atoms with Crippen molar-refractivity contribution in [3.8, 4) is 0 Å². The number of nitrogens with two attached hydrogens (primary N) is 1. The van der Waals surface area contributed by atoms with Gasteiger partial charge in [0.1, 0.15) is 6.04 Å². The molecule has 0 saturated carbocycles. The fraction of sp³-hybridized carbons (Fsp3) is 0.500. The van der Waals surface area contributed by atoms with Gasteiger partial charge in [-0.2, -0.15) is 0 Å². The molecule has 0 aliphatic heterocycles. The van der Waals surface area contributed by atoms with Crippen molar-refractivity contribution in [1.29, 1.82) is 0 Å². The molecule has 1 aromatic carbocycles. The van der Waals surface area contributed by atoms with Gasteiger partial charge >= 0.3 is 0 Å². The third kappa shape index (κ3) is 4.85. The Morgan fingerprint density at radius 1 is 1.33 bits per heavy atom. The minimum atomic E-state index is -0.581. The predicted octanol–water partition coefficient (Wildman–Crippen LogP) is 1.14. The largest absolute Gasteiger partial charge is 0.353 e. The number of rotatable bonds is 7. The van der Waals surface area contributed by atoms with E-state index in [1.165, 1.54) is 0 Å². The first-order valence-corrected chi connectivity index (χ1v) is 6.42. The first-order chi connectivity index (χ1) is 8.65. The van der Waals surface area contributed by atoms with Crippen LogP contribution in [0.5, 0.6) is 0 Å². The van der Waals surface area contributed by atoms with Crippen LogP contribution in [0.15, 0.2) is 30.3 Å². The Bertz CT molecular complexity index is 353. The van der Waals surface area contributed by atoms with Gasteiger partial charge in [0, 0.05) is 13.1 Å². The van der Waals surface area contributed by atoms with Gasteiger partial charge in [0.15, 0.2) is 0 Å². The lowest BCUT2D eigenvalue weighted by Crippen LogP contribution is -2.38. The summed E-state index contributed by atoms with van der Waals surface area (Å²) in [5.41, 5.74) is 6.73. The summed E-state index contributed by atoms with van der Waals surface area (Å²) in [6.07, 6.45) is 1.12. The molecule has 0 saturated heterocycles. The normalized spacial score (nSPS) is 12.4. The maximum absolute atomic E-state index is 11.8. The van der Waals surface area contributed by atoms with Crippen LogP contribution in [0.1, 0.15) is 24.9 Å².